The van der Waals surface area contributed by atoms with Gasteiger partial charge in [0.05, 0.1) is 25.9 Å². The van der Waals surface area contributed by atoms with Crippen molar-refractivity contribution in [3.63, 3.8) is 0 Å². The van der Waals surface area contributed by atoms with Crippen LogP contribution in [0.15, 0.2) is 48.5 Å². The number of nitrogens with one attached hydrogen (secondary N) is 1. The monoisotopic (exact) mass is 726 g/mol. The largest absolute Gasteiger partial charge is 0.429 e. The van der Waals surface area contributed by atoms with E-state index in [1.165, 1.54) is 29.7 Å². The predicted octanol–water partition coefficient (Wildman–Crippen LogP) is 2.42. The summed E-state index contributed by atoms with van der Waals surface area (Å²) in [6.45, 7) is -4.95. The van der Waals surface area contributed by atoms with Crippen LogP contribution < -0.4 is 11.3 Å². The summed E-state index contributed by atoms with van der Waals surface area (Å²) in [6.07, 6.45) is 1.45. The molecule has 5 aromatic heterocycles. The number of halogens is 1. The normalized spacial score (nSPS) is 35.0. The summed E-state index contributed by atoms with van der Waals surface area (Å²) < 4.78 is 63.1. The van der Waals surface area contributed by atoms with E-state index in [1.807, 2.05) is 0 Å². The molecule has 2 unspecified atom stereocenters. The maximum Gasteiger partial charge on any atom is 0.386 e. The molecule has 0 radical (unpaired) electrons. The molecule has 9 atom stereocenters. The first-order valence-corrected chi connectivity index (χ1v) is 19.4. The number of fused-ring (bicyclic) bond motifs is 6. The number of nitrogens with two attached hydrogens (primary N) is 1. The van der Waals surface area contributed by atoms with Crippen LogP contribution in [-0.4, -0.2) is 79.9 Å². The number of allylic oxidation sites excluding steroid dienone is 1. The fourth-order valence-corrected chi connectivity index (χ4v) is 9.20. The maximum absolute atomic E-state index is 16.1. The van der Waals surface area contributed by atoms with E-state index < -0.39 is 68.2 Å². The lowest BCUT2D eigenvalue weighted by molar-refractivity contribution is -0.0414. The van der Waals surface area contributed by atoms with Gasteiger partial charge in [0.1, 0.15) is 29.8 Å². The summed E-state index contributed by atoms with van der Waals surface area (Å²) in [5.41, 5.74) is 6.52. The highest BCUT2D eigenvalue weighted by Gasteiger charge is 2.52. The number of hydrogen-bond acceptors (Lipinski definition) is 14. The lowest BCUT2D eigenvalue weighted by Crippen LogP contribution is -2.42. The molecule has 2 aliphatic heterocycles. The first kappa shape index (κ1) is 31.0. The van der Waals surface area contributed by atoms with Gasteiger partial charge in [-0.15, -0.1) is 0 Å². The van der Waals surface area contributed by atoms with Crippen LogP contribution in [0.5, 0.6) is 0 Å². The fourth-order valence-electron chi connectivity index (χ4n) is 6.39. The summed E-state index contributed by atoms with van der Waals surface area (Å²) in [5.74, 6) is -0.527. The molecule has 8 rings (SSSR count). The number of hydrogen-bond donors (Lipinski definition) is 4. The predicted molar refractivity (Wildman–Crippen MR) is 168 cm³/mol. The van der Waals surface area contributed by atoms with E-state index in [0.717, 1.165) is 0 Å². The Morgan fingerprint density at radius 1 is 1.15 bits per heavy atom. The minimum absolute atomic E-state index is 0.0655. The molecule has 4 N–H and O–H groups in total. The van der Waals surface area contributed by atoms with Crippen molar-refractivity contribution in [3.05, 3.63) is 54.1 Å². The first-order valence-electron chi connectivity index (χ1n) is 14.1. The van der Waals surface area contributed by atoms with Gasteiger partial charge in [-0.05, 0) is 12.3 Å². The SMILES string of the molecule is C=C1OP(O)(=S)OC[C@H]2O[C@@H](n3cnc4c(N)ncnc43)[C@H](F)[C@@H]2OP(=O)(S)OC[C@H]2C[C@@H](n3cnc4c(=O)[nH]c5nccn5c43)[C@H]12. The number of imidazole rings is 3. The molecule has 248 valence electrons. The summed E-state index contributed by atoms with van der Waals surface area (Å²) in [7, 11) is 0. The van der Waals surface area contributed by atoms with Crippen LogP contribution in [0, 0.1) is 11.8 Å². The van der Waals surface area contributed by atoms with Crippen molar-refractivity contribution in [1.82, 2.24) is 43.4 Å². The van der Waals surface area contributed by atoms with E-state index >= 15 is 4.39 Å². The third kappa shape index (κ3) is 5.21. The molecule has 5 aromatic rings. The van der Waals surface area contributed by atoms with Crippen LogP contribution in [0.3, 0.4) is 0 Å². The molecule has 3 fully saturated rings. The van der Waals surface area contributed by atoms with Crippen molar-refractivity contribution >= 4 is 71.5 Å². The molecule has 0 spiro atoms. The number of rotatable bonds is 2. The molecule has 1 aliphatic carbocycles. The minimum atomic E-state index is -4.23. The zero-order chi connectivity index (χ0) is 32.8. The van der Waals surface area contributed by atoms with Gasteiger partial charge < -0.3 is 29.0 Å². The van der Waals surface area contributed by atoms with E-state index in [-0.39, 0.29) is 34.9 Å². The first-order chi connectivity index (χ1) is 22.4. The van der Waals surface area contributed by atoms with Gasteiger partial charge in [-0.25, -0.2) is 33.9 Å². The van der Waals surface area contributed by atoms with E-state index in [1.54, 1.807) is 15.2 Å². The van der Waals surface area contributed by atoms with Crippen molar-refractivity contribution in [2.75, 3.05) is 18.9 Å². The van der Waals surface area contributed by atoms with Gasteiger partial charge in [-0.3, -0.25) is 27.8 Å². The molecular weight excluding hydrogens is 701 g/mol. The van der Waals surface area contributed by atoms with Crippen molar-refractivity contribution in [2.24, 2.45) is 11.8 Å². The maximum atomic E-state index is 16.1. The molecule has 0 aromatic carbocycles. The molecule has 0 bridgehead atoms. The second kappa shape index (κ2) is 11.1. The molecule has 23 heteroatoms. The number of nitrogens with zero attached hydrogens (tertiary/aromatic N) is 8. The van der Waals surface area contributed by atoms with E-state index in [2.05, 4.69) is 48.7 Å². The zero-order valence-corrected chi connectivity index (χ0v) is 27.3. The molecule has 47 heavy (non-hydrogen) atoms. The van der Waals surface area contributed by atoms with Crippen LogP contribution in [0.25, 0.3) is 28.1 Å². The summed E-state index contributed by atoms with van der Waals surface area (Å²) in [4.78, 5) is 47.1. The van der Waals surface area contributed by atoms with Crippen LogP contribution in [0.1, 0.15) is 18.7 Å². The molecule has 0 amide bonds. The van der Waals surface area contributed by atoms with Crippen molar-refractivity contribution < 1.29 is 36.7 Å². The molecule has 18 nitrogen and oxygen atoms in total. The van der Waals surface area contributed by atoms with Crippen LogP contribution in [0.2, 0.25) is 0 Å². The topological polar surface area (TPSA) is 221 Å². The lowest BCUT2D eigenvalue weighted by Gasteiger charge is -2.46. The van der Waals surface area contributed by atoms with Crippen LogP contribution >= 0.6 is 25.8 Å². The third-order valence-corrected chi connectivity index (χ3v) is 11.6. The number of nitrogen functional groups attached to an aromatic ring is 1. The van der Waals surface area contributed by atoms with E-state index in [0.29, 0.717) is 17.8 Å². The number of anilines is 1. The second-order valence-corrected chi connectivity index (χ2v) is 16.9. The van der Waals surface area contributed by atoms with Gasteiger partial charge in [0.25, 0.3) is 5.56 Å². The minimum Gasteiger partial charge on any atom is -0.429 e. The average molecular weight is 727 g/mol. The van der Waals surface area contributed by atoms with Gasteiger partial charge in [0.2, 0.25) is 5.78 Å². The zero-order valence-electron chi connectivity index (χ0n) is 23.8. The molecular formula is C24H25FN10O8P2S2. The number of ether oxygens (including phenoxy) is 1. The summed E-state index contributed by atoms with van der Waals surface area (Å²) >= 11 is 9.45. The van der Waals surface area contributed by atoms with Gasteiger partial charge in [-0.1, -0.05) is 18.8 Å². The Hall–Kier alpha value is -3.26. The Labute approximate surface area is 273 Å². The summed E-state index contributed by atoms with van der Waals surface area (Å²) in [5, 5.41) is 0. The highest BCUT2D eigenvalue weighted by Crippen LogP contribution is 2.60. The standard InChI is InChI=1S/C24H25FN10O8P2S2/c1-10-14-11(4-12(14)34-8-31-17-21(36)32-24-27-2-3-33(24)22(17)34)5-39-45(38,47)43-18-13(6-40-44(37,46)42-10)41-23(15(18)25)35-9-30-16-19(26)28-7-29-20(16)35/h2-3,7-9,11-15,18,23H,1,4-6H2,(H,37,46)(H,38,47)(H2,26,28,29)(H,27,32,36)/t11-,12-,13-,14-,15-,18-,23-,44?,45?/m1/s1. The van der Waals surface area contributed by atoms with E-state index in [4.69, 9.17) is 40.4 Å². The molecule has 3 aliphatic rings. The highest BCUT2D eigenvalue weighted by atomic mass is 32.7. The van der Waals surface area contributed by atoms with Crippen LogP contribution in [0.4, 0.5) is 10.2 Å². The highest BCUT2D eigenvalue weighted by molar-refractivity contribution is 8.44. The van der Waals surface area contributed by atoms with Gasteiger partial charge >= 0.3 is 13.5 Å². The Balaban J connectivity index is 1.09. The van der Waals surface area contributed by atoms with Crippen LogP contribution in [-0.2, 0) is 39.2 Å². The van der Waals surface area contributed by atoms with Gasteiger partial charge in [-0.2, -0.15) is 0 Å². The number of alkyl halides is 1. The average Bonchev–Trinajstić information content (AvgIpc) is 3.77. The van der Waals surface area contributed by atoms with Crippen molar-refractivity contribution in [2.45, 2.75) is 37.1 Å². The van der Waals surface area contributed by atoms with Gasteiger partial charge in [0, 0.05) is 36.2 Å². The number of thiol groups is 1. The molecule has 1 saturated carbocycles. The smallest absolute Gasteiger partial charge is 0.386 e. The number of aromatic nitrogens is 9. The molecule has 7 heterocycles. The number of H-pyrrole nitrogens is 1. The third-order valence-electron chi connectivity index (χ3n) is 8.54. The second-order valence-electron chi connectivity index (χ2n) is 11.2. The fraction of sp³-hybridized carbons (Fsp3) is 0.417. The quantitative estimate of drug-likeness (QED) is 0.152. The lowest BCUT2D eigenvalue weighted by atomic mass is 9.68. The van der Waals surface area contributed by atoms with Gasteiger partial charge in [0.15, 0.2) is 35.0 Å². The van der Waals surface area contributed by atoms with Crippen molar-refractivity contribution in [3.8, 4) is 0 Å². The Morgan fingerprint density at radius 2 is 1.94 bits per heavy atom. The Kier molecular flexibility index (Phi) is 7.36. The Bertz CT molecular complexity index is 2230. The summed E-state index contributed by atoms with van der Waals surface area (Å²) in [6, 6.07) is -0.407. The van der Waals surface area contributed by atoms with E-state index in [9.17, 15) is 14.3 Å². The molecule has 2 saturated heterocycles. The number of aromatic amines is 1. The Morgan fingerprint density at radius 3 is 2.77 bits per heavy atom. The van der Waals surface area contributed by atoms with Crippen molar-refractivity contribution in [1.29, 1.82) is 0 Å².